The summed E-state index contributed by atoms with van der Waals surface area (Å²) in [4.78, 5) is 24.5. The standard InChI is InChI=1S/C27H36ClNO5S/c1-25(2,3)34-19(30)14-33-21-20(28)22(35-23(21)24(31)32)16-9-8-10-17(11-16)29-18-12-26(4,5)15-27(6,7)13-18/h8-11,18,29H,12-15H2,1-7H3,(H,31,32). The fourth-order valence-corrected chi connectivity index (χ4v) is 6.69. The minimum Gasteiger partial charge on any atom is -0.479 e. The Bertz CT molecular complexity index is 1080. The van der Waals surface area contributed by atoms with E-state index < -0.39 is 24.1 Å². The Balaban J connectivity index is 1.84. The normalized spacial score (nSPS) is 17.6. The molecule has 0 radical (unpaired) electrons. The highest BCUT2D eigenvalue weighted by Crippen LogP contribution is 2.48. The largest absolute Gasteiger partial charge is 0.479 e. The van der Waals surface area contributed by atoms with E-state index in [1.807, 2.05) is 24.3 Å². The molecule has 0 saturated heterocycles. The number of nitrogens with one attached hydrogen (secondary N) is 1. The average molecular weight is 522 g/mol. The summed E-state index contributed by atoms with van der Waals surface area (Å²) in [5.41, 5.74) is 1.58. The van der Waals surface area contributed by atoms with Crippen LogP contribution < -0.4 is 10.1 Å². The van der Waals surface area contributed by atoms with Crippen molar-refractivity contribution in [3.8, 4) is 16.2 Å². The number of hydrogen-bond acceptors (Lipinski definition) is 6. The molecule has 0 unspecified atom stereocenters. The highest BCUT2D eigenvalue weighted by Gasteiger charge is 2.38. The van der Waals surface area contributed by atoms with E-state index in [0.29, 0.717) is 10.9 Å². The van der Waals surface area contributed by atoms with Gasteiger partial charge in [0.05, 0.1) is 4.88 Å². The Labute approximate surface area is 217 Å². The molecule has 0 bridgehead atoms. The first-order valence-corrected chi connectivity index (χ1v) is 13.0. The van der Waals surface area contributed by atoms with Gasteiger partial charge in [-0.25, -0.2) is 9.59 Å². The smallest absolute Gasteiger partial charge is 0.349 e. The molecule has 2 aromatic rings. The van der Waals surface area contributed by atoms with Gasteiger partial charge < -0.3 is 19.9 Å². The number of carbonyl (C=O) groups is 2. The SMILES string of the molecule is CC1(C)CC(Nc2cccc(-c3sc(C(=O)O)c(OCC(=O)OC(C)(C)C)c3Cl)c2)CC(C)(C)C1. The van der Waals surface area contributed by atoms with Crippen molar-refractivity contribution in [1.29, 1.82) is 0 Å². The Morgan fingerprint density at radius 3 is 2.37 bits per heavy atom. The molecule has 0 spiro atoms. The highest BCUT2D eigenvalue weighted by atomic mass is 35.5. The van der Waals surface area contributed by atoms with Gasteiger partial charge in [-0.1, -0.05) is 51.4 Å². The lowest BCUT2D eigenvalue weighted by Crippen LogP contribution is -2.40. The molecule has 2 N–H and O–H groups in total. The lowest BCUT2D eigenvalue weighted by atomic mass is 9.63. The summed E-state index contributed by atoms with van der Waals surface area (Å²) >= 11 is 7.62. The van der Waals surface area contributed by atoms with Gasteiger partial charge in [0, 0.05) is 11.7 Å². The third-order valence-corrected chi connectivity index (χ3v) is 7.49. The van der Waals surface area contributed by atoms with Crippen molar-refractivity contribution < 1.29 is 24.2 Å². The van der Waals surface area contributed by atoms with Crippen molar-refractivity contribution in [3.63, 3.8) is 0 Å². The van der Waals surface area contributed by atoms with Crippen LogP contribution in [0.15, 0.2) is 24.3 Å². The number of benzene rings is 1. The second-order valence-corrected chi connectivity index (χ2v) is 13.3. The van der Waals surface area contributed by atoms with Gasteiger partial charge in [-0.15, -0.1) is 11.3 Å². The number of halogens is 1. The number of anilines is 1. The monoisotopic (exact) mass is 521 g/mol. The minimum atomic E-state index is -1.16. The fourth-order valence-electron chi connectivity index (χ4n) is 5.29. The van der Waals surface area contributed by atoms with E-state index in [-0.39, 0.29) is 26.5 Å². The zero-order chi connectivity index (χ0) is 26.2. The molecule has 0 amide bonds. The van der Waals surface area contributed by atoms with Gasteiger partial charge in [0.1, 0.15) is 10.6 Å². The number of rotatable bonds is 7. The molecule has 1 aromatic carbocycles. The molecule has 1 aliphatic carbocycles. The maximum atomic E-state index is 12.1. The number of esters is 1. The fraction of sp³-hybridized carbons (Fsp3) is 0.556. The van der Waals surface area contributed by atoms with Crippen LogP contribution in [0.1, 0.15) is 77.4 Å². The molecule has 0 atom stereocenters. The molecule has 0 aliphatic heterocycles. The van der Waals surface area contributed by atoms with Crippen molar-refractivity contribution in [1.82, 2.24) is 0 Å². The van der Waals surface area contributed by atoms with Gasteiger partial charge in [-0.3, -0.25) is 0 Å². The Hall–Kier alpha value is -2.25. The van der Waals surface area contributed by atoms with Crippen molar-refractivity contribution in [2.45, 2.75) is 79.4 Å². The topological polar surface area (TPSA) is 84.9 Å². The van der Waals surface area contributed by atoms with E-state index >= 15 is 0 Å². The summed E-state index contributed by atoms with van der Waals surface area (Å²) in [5.74, 6) is -1.77. The molecular formula is C27H36ClNO5S. The highest BCUT2D eigenvalue weighted by molar-refractivity contribution is 7.18. The van der Waals surface area contributed by atoms with Crippen LogP contribution >= 0.6 is 22.9 Å². The number of ether oxygens (including phenoxy) is 2. The summed E-state index contributed by atoms with van der Waals surface area (Å²) in [6, 6.07) is 8.15. The van der Waals surface area contributed by atoms with Crippen molar-refractivity contribution in [2.75, 3.05) is 11.9 Å². The Morgan fingerprint density at radius 2 is 1.80 bits per heavy atom. The predicted molar refractivity (Wildman–Crippen MR) is 142 cm³/mol. The first kappa shape index (κ1) is 27.3. The number of carbonyl (C=O) groups excluding carboxylic acids is 1. The lowest BCUT2D eigenvalue weighted by Gasteiger charge is -2.45. The summed E-state index contributed by atoms with van der Waals surface area (Å²) in [7, 11) is 0. The zero-order valence-corrected chi connectivity index (χ0v) is 23.2. The van der Waals surface area contributed by atoms with E-state index in [9.17, 15) is 14.7 Å². The first-order chi connectivity index (χ1) is 16.1. The zero-order valence-electron chi connectivity index (χ0n) is 21.6. The van der Waals surface area contributed by atoms with Crippen LogP contribution in [0.4, 0.5) is 5.69 Å². The molecule has 35 heavy (non-hydrogen) atoms. The predicted octanol–water partition coefficient (Wildman–Crippen LogP) is 7.50. The molecular weight excluding hydrogens is 486 g/mol. The van der Waals surface area contributed by atoms with Gasteiger partial charge in [0.15, 0.2) is 17.2 Å². The van der Waals surface area contributed by atoms with Crippen molar-refractivity contribution >= 4 is 40.6 Å². The number of aromatic carboxylic acids is 1. The van der Waals surface area contributed by atoms with E-state index in [1.165, 1.54) is 6.42 Å². The van der Waals surface area contributed by atoms with E-state index in [4.69, 9.17) is 21.1 Å². The number of hydrogen-bond donors (Lipinski definition) is 2. The van der Waals surface area contributed by atoms with Gasteiger partial charge in [-0.2, -0.15) is 0 Å². The molecule has 8 heteroatoms. The van der Waals surface area contributed by atoms with Crippen LogP contribution in [0.3, 0.4) is 0 Å². The molecule has 3 rings (SSSR count). The van der Waals surface area contributed by atoms with Crippen LogP contribution in [-0.4, -0.2) is 35.3 Å². The number of carboxylic acid groups (broad SMARTS) is 1. The van der Waals surface area contributed by atoms with Gasteiger partial charge in [0.25, 0.3) is 0 Å². The van der Waals surface area contributed by atoms with E-state index in [2.05, 4.69) is 33.0 Å². The minimum absolute atomic E-state index is 0.0147. The number of thiophene rings is 1. The third-order valence-electron chi connectivity index (χ3n) is 5.81. The molecule has 1 fully saturated rings. The molecule has 6 nitrogen and oxygen atoms in total. The first-order valence-electron chi connectivity index (χ1n) is 11.8. The van der Waals surface area contributed by atoms with Crippen molar-refractivity contribution in [2.24, 2.45) is 10.8 Å². The Morgan fingerprint density at radius 1 is 1.17 bits per heavy atom. The lowest BCUT2D eigenvalue weighted by molar-refractivity contribution is -0.157. The summed E-state index contributed by atoms with van der Waals surface area (Å²) in [6.45, 7) is 14.1. The Kier molecular flexibility index (Phi) is 7.82. The molecule has 192 valence electrons. The molecule has 1 saturated carbocycles. The second-order valence-electron chi connectivity index (χ2n) is 11.9. The van der Waals surface area contributed by atoms with Gasteiger partial charge in [-0.05, 0) is 68.6 Å². The summed E-state index contributed by atoms with van der Waals surface area (Å²) in [6.07, 6.45) is 3.34. The van der Waals surface area contributed by atoms with Crippen LogP contribution in [0.2, 0.25) is 5.02 Å². The quantitative estimate of drug-likeness (QED) is 0.367. The molecule has 1 heterocycles. The maximum absolute atomic E-state index is 12.1. The summed E-state index contributed by atoms with van der Waals surface area (Å²) < 4.78 is 10.8. The number of carboxylic acids is 1. The van der Waals surface area contributed by atoms with Crippen LogP contribution in [0, 0.1) is 10.8 Å². The molecule has 1 aromatic heterocycles. The second kappa shape index (κ2) is 10.0. The van der Waals surface area contributed by atoms with E-state index in [1.54, 1.807) is 20.8 Å². The molecule has 1 aliphatic rings. The van der Waals surface area contributed by atoms with Crippen LogP contribution in [-0.2, 0) is 9.53 Å². The third kappa shape index (κ3) is 7.37. The van der Waals surface area contributed by atoms with Crippen molar-refractivity contribution in [3.05, 3.63) is 34.2 Å². The van der Waals surface area contributed by atoms with Crippen LogP contribution in [0.25, 0.3) is 10.4 Å². The maximum Gasteiger partial charge on any atom is 0.349 e. The average Bonchev–Trinajstić information content (AvgIpc) is 2.99. The summed E-state index contributed by atoms with van der Waals surface area (Å²) in [5, 5.41) is 13.6. The van der Waals surface area contributed by atoms with Gasteiger partial charge in [0.2, 0.25) is 0 Å². The van der Waals surface area contributed by atoms with Gasteiger partial charge >= 0.3 is 11.9 Å². The van der Waals surface area contributed by atoms with E-state index in [0.717, 1.165) is 35.4 Å². The van der Waals surface area contributed by atoms with Crippen LogP contribution in [0.5, 0.6) is 5.75 Å².